The molecule has 1 unspecified atom stereocenters. The van der Waals surface area contributed by atoms with E-state index in [1.165, 1.54) is 5.56 Å². The van der Waals surface area contributed by atoms with Crippen molar-refractivity contribution in [1.29, 1.82) is 0 Å². The molecule has 1 rings (SSSR count). The van der Waals surface area contributed by atoms with E-state index in [-0.39, 0.29) is 0 Å². The minimum absolute atomic E-state index is 0.368. The van der Waals surface area contributed by atoms with Gasteiger partial charge >= 0.3 is 0 Å². The van der Waals surface area contributed by atoms with Gasteiger partial charge in [0.2, 0.25) is 0 Å². The number of benzene rings is 1. The largest absolute Gasteiger partial charge is 0.380 e. The molecule has 0 bridgehead atoms. The molecule has 0 aliphatic heterocycles. The van der Waals surface area contributed by atoms with Gasteiger partial charge in [0, 0.05) is 28.7 Å². The average Bonchev–Trinajstić information content (AvgIpc) is 2.31. The number of ether oxygens (including phenoxy) is 1. The zero-order valence-electron chi connectivity index (χ0n) is 11.2. The van der Waals surface area contributed by atoms with Crippen molar-refractivity contribution in [1.82, 2.24) is 5.32 Å². The molecule has 0 aliphatic carbocycles. The van der Waals surface area contributed by atoms with Crippen LogP contribution >= 0.6 is 27.5 Å². The van der Waals surface area contributed by atoms with Gasteiger partial charge < -0.3 is 10.1 Å². The fraction of sp³-hybridized carbons (Fsp3) is 0.571. The van der Waals surface area contributed by atoms with Crippen molar-refractivity contribution in [2.75, 3.05) is 13.2 Å². The van der Waals surface area contributed by atoms with Gasteiger partial charge in [-0.05, 0) is 30.5 Å². The molecule has 1 atom stereocenters. The van der Waals surface area contributed by atoms with Crippen molar-refractivity contribution in [3.8, 4) is 0 Å². The number of halogens is 2. The van der Waals surface area contributed by atoms with Gasteiger partial charge in [0.25, 0.3) is 0 Å². The molecule has 18 heavy (non-hydrogen) atoms. The summed E-state index contributed by atoms with van der Waals surface area (Å²) >= 11 is 9.46. The van der Waals surface area contributed by atoms with E-state index in [1.54, 1.807) is 0 Å². The lowest BCUT2D eigenvalue weighted by Gasteiger charge is -2.22. The average molecular weight is 335 g/mol. The zero-order valence-corrected chi connectivity index (χ0v) is 13.5. The van der Waals surface area contributed by atoms with Crippen LogP contribution in [0.3, 0.4) is 0 Å². The lowest BCUT2D eigenvalue weighted by molar-refractivity contribution is 0.108. The summed E-state index contributed by atoms with van der Waals surface area (Å²) in [7, 11) is 0. The van der Waals surface area contributed by atoms with Crippen LogP contribution in [0.1, 0.15) is 26.3 Å². The molecule has 1 N–H and O–H groups in total. The summed E-state index contributed by atoms with van der Waals surface area (Å²) in [6.45, 7) is 8.75. The van der Waals surface area contributed by atoms with Crippen LogP contribution in [0.5, 0.6) is 0 Å². The van der Waals surface area contributed by atoms with Crippen LogP contribution in [0.25, 0.3) is 0 Å². The molecule has 0 aliphatic rings. The minimum atomic E-state index is 0.368. The van der Waals surface area contributed by atoms with Gasteiger partial charge in [0.05, 0.1) is 6.61 Å². The highest BCUT2D eigenvalue weighted by Gasteiger charge is 2.13. The van der Waals surface area contributed by atoms with Crippen LogP contribution in [0.4, 0.5) is 0 Å². The van der Waals surface area contributed by atoms with E-state index in [4.69, 9.17) is 16.3 Å². The quantitative estimate of drug-likeness (QED) is 0.804. The minimum Gasteiger partial charge on any atom is -0.380 e. The number of hydrogen-bond donors (Lipinski definition) is 1. The smallest absolute Gasteiger partial charge is 0.0622 e. The molecule has 1 aromatic carbocycles. The third kappa shape index (κ3) is 5.27. The first kappa shape index (κ1) is 16.0. The molecule has 0 fully saturated rings. The Morgan fingerprint density at radius 3 is 2.67 bits per heavy atom. The van der Waals surface area contributed by atoms with Crippen LogP contribution in [0, 0.1) is 5.92 Å². The second-order valence-electron chi connectivity index (χ2n) is 4.63. The van der Waals surface area contributed by atoms with Crippen LogP contribution in [0.2, 0.25) is 5.02 Å². The lowest BCUT2D eigenvalue weighted by Crippen LogP contribution is -2.37. The maximum Gasteiger partial charge on any atom is 0.0622 e. The fourth-order valence-electron chi connectivity index (χ4n) is 1.64. The lowest BCUT2D eigenvalue weighted by atomic mass is 10.0. The van der Waals surface area contributed by atoms with E-state index in [1.807, 2.05) is 25.1 Å². The molecule has 0 amide bonds. The van der Waals surface area contributed by atoms with Gasteiger partial charge in [-0.15, -0.1) is 0 Å². The van der Waals surface area contributed by atoms with Gasteiger partial charge in [0.1, 0.15) is 0 Å². The summed E-state index contributed by atoms with van der Waals surface area (Å²) in [4.78, 5) is 0. The zero-order chi connectivity index (χ0) is 13.5. The number of nitrogens with one attached hydrogen (secondary N) is 1. The van der Waals surface area contributed by atoms with Gasteiger partial charge in [-0.25, -0.2) is 0 Å². The van der Waals surface area contributed by atoms with Gasteiger partial charge in [-0.2, -0.15) is 0 Å². The van der Waals surface area contributed by atoms with Gasteiger partial charge in [-0.3, -0.25) is 0 Å². The molecule has 0 heterocycles. The second-order valence-corrected chi connectivity index (χ2v) is 5.92. The molecule has 0 saturated carbocycles. The molecule has 0 radical (unpaired) electrons. The highest BCUT2D eigenvalue weighted by Crippen LogP contribution is 2.21. The monoisotopic (exact) mass is 333 g/mol. The molecular formula is C14H21BrClNO. The first-order chi connectivity index (χ1) is 8.54. The SMILES string of the molecule is CCOCC(NCc1ccc(Cl)cc1Br)C(C)C. The maximum absolute atomic E-state index is 5.93. The summed E-state index contributed by atoms with van der Waals surface area (Å²) in [5, 5.41) is 4.28. The third-order valence-electron chi connectivity index (χ3n) is 2.88. The fourth-order valence-corrected chi connectivity index (χ4v) is 2.46. The summed E-state index contributed by atoms with van der Waals surface area (Å²) < 4.78 is 6.54. The number of rotatable bonds is 7. The summed E-state index contributed by atoms with van der Waals surface area (Å²) in [6, 6.07) is 6.24. The molecule has 1 aromatic rings. The molecule has 0 aromatic heterocycles. The van der Waals surface area contributed by atoms with E-state index in [0.717, 1.165) is 29.3 Å². The highest BCUT2D eigenvalue weighted by molar-refractivity contribution is 9.10. The molecular weight excluding hydrogens is 314 g/mol. The molecule has 4 heteroatoms. The Hall–Kier alpha value is -0.0900. The van der Waals surface area contributed by atoms with Crippen molar-refractivity contribution in [3.63, 3.8) is 0 Å². The Balaban J connectivity index is 2.55. The molecule has 0 spiro atoms. The Bertz CT molecular complexity index is 371. The van der Waals surface area contributed by atoms with Crippen LogP contribution in [0.15, 0.2) is 22.7 Å². The summed E-state index contributed by atoms with van der Waals surface area (Å²) in [6.07, 6.45) is 0. The second kappa shape index (κ2) is 8.16. The van der Waals surface area contributed by atoms with Crippen LogP contribution < -0.4 is 5.32 Å². The molecule has 2 nitrogen and oxygen atoms in total. The normalized spacial score (nSPS) is 13.0. The summed E-state index contributed by atoms with van der Waals surface area (Å²) in [5.74, 6) is 0.544. The van der Waals surface area contributed by atoms with Crippen molar-refractivity contribution >= 4 is 27.5 Å². The Labute approximate surface area is 123 Å². The topological polar surface area (TPSA) is 21.3 Å². The molecule has 0 saturated heterocycles. The van der Waals surface area contributed by atoms with Gasteiger partial charge in [-0.1, -0.05) is 47.4 Å². The van der Waals surface area contributed by atoms with Gasteiger partial charge in [0.15, 0.2) is 0 Å². The first-order valence-electron chi connectivity index (χ1n) is 6.29. The van der Waals surface area contributed by atoms with Crippen molar-refractivity contribution in [3.05, 3.63) is 33.3 Å². The predicted octanol–water partition coefficient (Wildman–Crippen LogP) is 4.25. The summed E-state index contributed by atoms with van der Waals surface area (Å²) in [5.41, 5.74) is 1.21. The van der Waals surface area contributed by atoms with E-state index in [2.05, 4.69) is 35.1 Å². The predicted molar refractivity (Wildman–Crippen MR) is 81.1 cm³/mol. The van der Waals surface area contributed by atoms with E-state index in [0.29, 0.717) is 12.0 Å². The van der Waals surface area contributed by atoms with Crippen LogP contribution in [-0.2, 0) is 11.3 Å². The Morgan fingerprint density at radius 2 is 2.11 bits per heavy atom. The Kier molecular flexibility index (Phi) is 7.23. The van der Waals surface area contributed by atoms with E-state index < -0.39 is 0 Å². The standard InChI is InChI=1S/C14H21BrClNO/c1-4-18-9-14(10(2)3)17-8-11-5-6-12(16)7-13(11)15/h5-7,10,14,17H,4,8-9H2,1-3H3. The van der Waals surface area contributed by atoms with E-state index in [9.17, 15) is 0 Å². The van der Waals surface area contributed by atoms with E-state index >= 15 is 0 Å². The highest BCUT2D eigenvalue weighted by atomic mass is 79.9. The van der Waals surface area contributed by atoms with Crippen LogP contribution in [-0.4, -0.2) is 19.3 Å². The molecule has 102 valence electrons. The third-order valence-corrected chi connectivity index (χ3v) is 3.85. The Morgan fingerprint density at radius 1 is 1.39 bits per heavy atom. The first-order valence-corrected chi connectivity index (χ1v) is 7.46. The number of hydrogen-bond acceptors (Lipinski definition) is 2. The van der Waals surface area contributed by atoms with Crippen molar-refractivity contribution < 1.29 is 4.74 Å². The van der Waals surface area contributed by atoms with Crippen molar-refractivity contribution in [2.45, 2.75) is 33.4 Å². The van der Waals surface area contributed by atoms with Crippen molar-refractivity contribution in [2.24, 2.45) is 5.92 Å². The maximum atomic E-state index is 5.93.